The van der Waals surface area contributed by atoms with Crippen molar-refractivity contribution in [1.29, 1.82) is 0 Å². The predicted octanol–water partition coefficient (Wildman–Crippen LogP) is 3.93. The van der Waals surface area contributed by atoms with Gasteiger partial charge in [-0.1, -0.05) is 24.3 Å². The summed E-state index contributed by atoms with van der Waals surface area (Å²) in [5.41, 5.74) is 11.3. The minimum absolute atomic E-state index is 0.0422. The zero-order valence-corrected chi connectivity index (χ0v) is 18.1. The van der Waals surface area contributed by atoms with Gasteiger partial charge in [0.1, 0.15) is 11.3 Å². The number of hydrogen-bond acceptors (Lipinski definition) is 5. The van der Waals surface area contributed by atoms with E-state index in [4.69, 9.17) is 10.5 Å². The molecule has 0 radical (unpaired) electrons. The van der Waals surface area contributed by atoms with E-state index >= 15 is 0 Å². The number of nitrogens with zero attached hydrogens (tertiary/aromatic N) is 3. The fraction of sp³-hybridized carbons (Fsp3) is 0.240. The van der Waals surface area contributed by atoms with Gasteiger partial charge in [0.2, 0.25) is 0 Å². The molecule has 0 saturated carbocycles. The number of amides is 1. The number of hydrogen-bond donors (Lipinski definition) is 1. The first-order valence-corrected chi connectivity index (χ1v) is 10.3. The summed E-state index contributed by atoms with van der Waals surface area (Å²) in [5.74, 6) is 1.09. The molecule has 4 aromatic rings. The first kappa shape index (κ1) is 20.6. The second-order valence-electron chi connectivity index (χ2n) is 7.98. The molecule has 0 saturated heterocycles. The highest BCUT2D eigenvalue weighted by Gasteiger charge is 2.09. The Morgan fingerprint density at radius 1 is 1.00 bits per heavy atom. The van der Waals surface area contributed by atoms with Crippen molar-refractivity contribution >= 4 is 33.5 Å². The number of nitrogens with two attached hydrogens (primary N) is 1. The highest BCUT2D eigenvalue weighted by Crippen LogP contribution is 2.28. The van der Waals surface area contributed by atoms with Gasteiger partial charge in [0, 0.05) is 31.1 Å². The number of carbonyl (C=O) groups excluding carboxylic acids is 1. The molecule has 0 bridgehead atoms. The third kappa shape index (κ3) is 4.58. The van der Waals surface area contributed by atoms with E-state index in [0.717, 1.165) is 45.8 Å². The summed E-state index contributed by atoms with van der Waals surface area (Å²) >= 11 is 0. The Hall–Kier alpha value is -3.67. The van der Waals surface area contributed by atoms with Gasteiger partial charge in [-0.15, -0.1) is 0 Å². The van der Waals surface area contributed by atoms with Crippen LogP contribution >= 0.6 is 0 Å². The van der Waals surface area contributed by atoms with Gasteiger partial charge in [-0.25, -0.2) is 4.98 Å². The molecule has 2 N–H and O–H groups in total. The molecule has 0 atom stereocenters. The van der Waals surface area contributed by atoms with E-state index in [1.807, 2.05) is 43.5 Å². The molecule has 1 amide bonds. The summed E-state index contributed by atoms with van der Waals surface area (Å²) < 4.78 is 5.54. The van der Waals surface area contributed by atoms with Crippen LogP contribution < -0.4 is 10.5 Å². The van der Waals surface area contributed by atoms with Crippen LogP contribution in [0.1, 0.15) is 16.7 Å². The zero-order valence-electron chi connectivity index (χ0n) is 18.1. The Morgan fingerprint density at radius 2 is 1.74 bits per heavy atom. The lowest BCUT2D eigenvalue weighted by atomic mass is 10.0. The van der Waals surface area contributed by atoms with Crippen molar-refractivity contribution in [1.82, 2.24) is 14.9 Å². The SMILES string of the molecule is Cc1ccc2c(c1)nc(N)c1ncc(CCc3ccc(OCC(=O)N(C)C)cc3)cc12. The Labute approximate surface area is 181 Å². The van der Waals surface area contributed by atoms with Crippen LogP contribution in [0.3, 0.4) is 0 Å². The molecule has 31 heavy (non-hydrogen) atoms. The standard InChI is InChI=1S/C25H26N4O2/c1-16-4-11-20-21-13-18(14-27-24(21)25(26)28-22(20)12-16)6-5-17-7-9-19(10-8-17)31-15-23(30)29(2)3/h4,7-14H,5-6,15H2,1-3H3,(H2,26,28). The van der Waals surface area contributed by atoms with Gasteiger partial charge in [-0.2, -0.15) is 0 Å². The normalized spacial score (nSPS) is 11.1. The van der Waals surface area contributed by atoms with Crippen LogP contribution in [-0.4, -0.2) is 41.5 Å². The first-order valence-electron chi connectivity index (χ1n) is 10.3. The van der Waals surface area contributed by atoms with E-state index in [2.05, 4.69) is 28.2 Å². The number of aryl methyl sites for hydroxylation is 3. The number of pyridine rings is 2. The predicted molar refractivity (Wildman–Crippen MR) is 124 cm³/mol. The topological polar surface area (TPSA) is 81.3 Å². The minimum atomic E-state index is -0.0635. The molecule has 4 rings (SSSR count). The van der Waals surface area contributed by atoms with Crippen LogP contribution in [-0.2, 0) is 17.6 Å². The lowest BCUT2D eigenvalue weighted by Gasteiger charge is -2.11. The largest absolute Gasteiger partial charge is 0.484 e. The van der Waals surface area contributed by atoms with Crippen LogP contribution in [0.5, 0.6) is 5.75 Å². The van der Waals surface area contributed by atoms with Crippen molar-refractivity contribution in [2.45, 2.75) is 19.8 Å². The van der Waals surface area contributed by atoms with Crippen molar-refractivity contribution in [2.24, 2.45) is 0 Å². The lowest BCUT2D eigenvalue weighted by molar-refractivity contribution is -0.130. The maximum atomic E-state index is 11.6. The number of likely N-dealkylation sites (N-methyl/N-ethyl adjacent to an activating group) is 1. The summed E-state index contributed by atoms with van der Waals surface area (Å²) in [6.45, 7) is 2.09. The van der Waals surface area contributed by atoms with E-state index in [0.29, 0.717) is 11.6 Å². The zero-order chi connectivity index (χ0) is 22.0. The number of rotatable bonds is 6. The Morgan fingerprint density at radius 3 is 2.48 bits per heavy atom. The van der Waals surface area contributed by atoms with E-state index in [1.54, 1.807) is 14.1 Å². The molecule has 0 spiro atoms. The quantitative estimate of drug-likeness (QED) is 0.484. The molecule has 0 unspecified atom stereocenters. The van der Waals surface area contributed by atoms with E-state index < -0.39 is 0 Å². The number of nitrogen functional groups attached to an aromatic ring is 1. The number of fused-ring (bicyclic) bond motifs is 3. The molecule has 0 aliphatic heterocycles. The molecule has 0 aliphatic rings. The number of benzene rings is 2. The van der Waals surface area contributed by atoms with Gasteiger partial charge in [0.05, 0.1) is 5.52 Å². The average Bonchev–Trinajstić information content (AvgIpc) is 2.76. The van der Waals surface area contributed by atoms with Crippen LogP contribution in [0.25, 0.3) is 21.8 Å². The molecular weight excluding hydrogens is 388 g/mol. The van der Waals surface area contributed by atoms with Gasteiger partial charge in [-0.3, -0.25) is 9.78 Å². The molecule has 0 fully saturated rings. The van der Waals surface area contributed by atoms with Crippen molar-refractivity contribution < 1.29 is 9.53 Å². The van der Waals surface area contributed by atoms with Crippen molar-refractivity contribution in [3.05, 3.63) is 71.4 Å². The highest BCUT2D eigenvalue weighted by atomic mass is 16.5. The summed E-state index contributed by atoms with van der Waals surface area (Å²) in [5, 5.41) is 2.10. The minimum Gasteiger partial charge on any atom is -0.484 e. The molecule has 0 aliphatic carbocycles. The maximum Gasteiger partial charge on any atom is 0.259 e. The molecule has 158 valence electrons. The average molecular weight is 415 g/mol. The van der Waals surface area contributed by atoms with E-state index in [-0.39, 0.29) is 12.5 Å². The first-order chi connectivity index (χ1) is 14.9. The number of ether oxygens (including phenoxy) is 1. The second-order valence-corrected chi connectivity index (χ2v) is 7.98. The van der Waals surface area contributed by atoms with Crippen LogP contribution in [0, 0.1) is 6.92 Å². The smallest absolute Gasteiger partial charge is 0.259 e. The Bertz CT molecular complexity index is 1250. The second kappa shape index (κ2) is 8.60. The number of anilines is 1. The van der Waals surface area contributed by atoms with E-state index in [1.165, 1.54) is 10.5 Å². The molecule has 6 nitrogen and oxygen atoms in total. The fourth-order valence-electron chi connectivity index (χ4n) is 3.51. The van der Waals surface area contributed by atoms with Gasteiger partial charge in [-0.05, 0) is 60.7 Å². The van der Waals surface area contributed by atoms with Gasteiger partial charge >= 0.3 is 0 Å². The third-order valence-electron chi connectivity index (χ3n) is 5.36. The van der Waals surface area contributed by atoms with Crippen molar-refractivity contribution in [3.8, 4) is 5.75 Å². The maximum absolute atomic E-state index is 11.6. The third-order valence-corrected chi connectivity index (χ3v) is 5.36. The summed E-state index contributed by atoms with van der Waals surface area (Å²) in [4.78, 5) is 22.3. The number of carbonyl (C=O) groups is 1. The summed E-state index contributed by atoms with van der Waals surface area (Å²) in [6.07, 6.45) is 3.62. The molecule has 2 aromatic heterocycles. The van der Waals surface area contributed by atoms with Crippen molar-refractivity contribution in [2.75, 3.05) is 26.4 Å². The molecular formula is C25H26N4O2. The van der Waals surface area contributed by atoms with Gasteiger partial charge < -0.3 is 15.4 Å². The van der Waals surface area contributed by atoms with Crippen LogP contribution in [0.15, 0.2) is 54.7 Å². The van der Waals surface area contributed by atoms with Gasteiger partial charge in [0.25, 0.3) is 5.91 Å². The Kier molecular flexibility index (Phi) is 5.71. The lowest BCUT2D eigenvalue weighted by Crippen LogP contribution is -2.27. The van der Waals surface area contributed by atoms with Gasteiger partial charge in [0.15, 0.2) is 12.4 Å². The van der Waals surface area contributed by atoms with E-state index in [9.17, 15) is 4.79 Å². The van der Waals surface area contributed by atoms with Crippen LogP contribution in [0.2, 0.25) is 0 Å². The Balaban J connectivity index is 1.49. The summed E-state index contributed by atoms with van der Waals surface area (Å²) in [7, 11) is 3.43. The van der Waals surface area contributed by atoms with Crippen molar-refractivity contribution in [3.63, 3.8) is 0 Å². The van der Waals surface area contributed by atoms with Crippen LogP contribution in [0.4, 0.5) is 5.82 Å². The monoisotopic (exact) mass is 414 g/mol. The molecule has 2 aromatic carbocycles. The molecule has 6 heteroatoms. The fourth-order valence-corrected chi connectivity index (χ4v) is 3.51. The highest BCUT2D eigenvalue weighted by molar-refractivity contribution is 6.08. The summed E-state index contributed by atoms with van der Waals surface area (Å²) in [6, 6.07) is 16.3. The molecule has 2 heterocycles. The number of aromatic nitrogens is 2.